The van der Waals surface area contributed by atoms with E-state index >= 15 is 0 Å². The molecule has 0 fully saturated rings. The van der Waals surface area contributed by atoms with E-state index in [4.69, 9.17) is 11.6 Å². The predicted octanol–water partition coefficient (Wildman–Crippen LogP) is 3.45. The molecule has 0 aliphatic heterocycles. The van der Waals surface area contributed by atoms with Crippen molar-refractivity contribution in [2.75, 3.05) is 0 Å². The molecule has 2 aromatic rings. The van der Waals surface area contributed by atoms with E-state index < -0.39 is 11.9 Å². The Balaban J connectivity index is 2.29. The second-order valence-corrected chi connectivity index (χ2v) is 4.88. The van der Waals surface area contributed by atoms with Gasteiger partial charge in [0.1, 0.15) is 5.15 Å². The first kappa shape index (κ1) is 13.6. The first-order valence-electron chi connectivity index (χ1n) is 5.96. The molecule has 98 valence electrons. The number of nitrogens with zero attached hydrogens (tertiary/aromatic N) is 1. The Labute approximate surface area is 116 Å². The lowest BCUT2D eigenvalue weighted by molar-refractivity contribution is -0.138. The van der Waals surface area contributed by atoms with E-state index in [1.54, 1.807) is 18.3 Å². The maximum Gasteiger partial charge on any atom is 0.311 e. The van der Waals surface area contributed by atoms with E-state index in [0.717, 1.165) is 16.7 Å². The summed E-state index contributed by atoms with van der Waals surface area (Å²) in [6.07, 6.45) is 1.99. The van der Waals surface area contributed by atoms with E-state index in [0.29, 0.717) is 11.6 Å². The van der Waals surface area contributed by atoms with Gasteiger partial charge in [-0.1, -0.05) is 41.4 Å². The van der Waals surface area contributed by atoms with Gasteiger partial charge in [-0.3, -0.25) is 4.79 Å². The molecule has 0 saturated heterocycles. The minimum absolute atomic E-state index is 0.380. The average Bonchev–Trinajstić information content (AvgIpc) is 2.35. The van der Waals surface area contributed by atoms with Crippen LogP contribution in [0.3, 0.4) is 0 Å². The molecule has 0 amide bonds. The van der Waals surface area contributed by atoms with Crippen molar-refractivity contribution in [2.24, 2.45) is 0 Å². The Kier molecular flexibility index (Phi) is 4.17. The molecule has 1 unspecified atom stereocenters. The molecule has 0 aliphatic carbocycles. The van der Waals surface area contributed by atoms with Gasteiger partial charge in [-0.15, -0.1) is 0 Å². The highest BCUT2D eigenvalue weighted by Gasteiger charge is 2.20. The van der Waals surface area contributed by atoms with Crippen molar-refractivity contribution >= 4 is 17.6 Å². The largest absolute Gasteiger partial charge is 0.481 e. The Bertz CT molecular complexity index is 598. The number of aliphatic carboxylic acids is 1. The van der Waals surface area contributed by atoms with Gasteiger partial charge in [-0.05, 0) is 36.6 Å². The fraction of sp³-hybridized carbons (Fsp3) is 0.200. The SMILES string of the molecule is Cc1cccc(C(Cc2ccnc(Cl)c2)C(=O)O)c1. The summed E-state index contributed by atoms with van der Waals surface area (Å²) in [5.41, 5.74) is 2.73. The van der Waals surface area contributed by atoms with Crippen LogP contribution in [0.5, 0.6) is 0 Å². The number of carbonyl (C=O) groups is 1. The normalized spacial score (nSPS) is 12.1. The number of halogens is 1. The minimum atomic E-state index is -0.835. The van der Waals surface area contributed by atoms with E-state index in [1.165, 1.54) is 0 Å². The van der Waals surface area contributed by atoms with Gasteiger partial charge in [0, 0.05) is 6.20 Å². The first-order chi connectivity index (χ1) is 9.06. The summed E-state index contributed by atoms with van der Waals surface area (Å²) in [7, 11) is 0. The zero-order valence-corrected chi connectivity index (χ0v) is 11.3. The van der Waals surface area contributed by atoms with Crippen LogP contribution in [0.4, 0.5) is 0 Å². The van der Waals surface area contributed by atoms with Gasteiger partial charge < -0.3 is 5.11 Å². The van der Waals surface area contributed by atoms with Crippen molar-refractivity contribution in [3.63, 3.8) is 0 Å². The molecule has 19 heavy (non-hydrogen) atoms. The lowest BCUT2D eigenvalue weighted by Gasteiger charge is -2.13. The average molecular weight is 276 g/mol. The zero-order valence-electron chi connectivity index (χ0n) is 10.5. The predicted molar refractivity (Wildman–Crippen MR) is 74.5 cm³/mol. The van der Waals surface area contributed by atoms with Crippen LogP contribution in [0.15, 0.2) is 42.6 Å². The first-order valence-corrected chi connectivity index (χ1v) is 6.34. The van der Waals surface area contributed by atoms with Gasteiger partial charge in [0.15, 0.2) is 0 Å². The molecule has 1 heterocycles. The maximum absolute atomic E-state index is 11.5. The molecular weight excluding hydrogens is 262 g/mol. The van der Waals surface area contributed by atoms with E-state index in [-0.39, 0.29) is 0 Å². The Morgan fingerprint density at radius 3 is 2.79 bits per heavy atom. The quantitative estimate of drug-likeness (QED) is 0.870. The van der Waals surface area contributed by atoms with Gasteiger partial charge in [-0.2, -0.15) is 0 Å². The number of hydrogen-bond acceptors (Lipinski definition) is 2. The van der Waals surface area contributed by atoms with Crippen molar-refractivity contribution < 1.29 is 9.90 Å². The highest BCUT2D eigenvalue weighted by Crippen LogP contribution is 2.23. The van der Waals surface area contributed by atoms with Crippen LogP contribution in [0, 0.1) is 6.92 Å². The van der Waals surface area contributed by atoms with Gasteiger partial charge in [0.05, 0.1) is 5.92 Å². The number of hydrogen-bond donors (Lipinski definition) is 1. The number of carboxylic acids is 1. The number of benzene rings is 1. The monoisotopic (exact) mass is 275 g/mol. The van der Waals surface area contributed by atoms with Crippen molar-refractivity contribution in [3.05, 3.63) is 64.4 Å². The summed E-state index contributed by atoms with van der Waals surface area (Å²) in [4.78, 5) is 15.3. The van der Waals surface area contributed by atoms with Crippen molar-refractivity contribution in [2.45, 2.75) is 19.3 Å². The number of pyridine rings is 1. The fourth-order valence-electron chi connectivity index (χ4n) is 2.04. The van der Waals surface area contributed by atoms with Crippen LogP contribution in [0.25, 0.3) is 0 Å². The van der Waals surface area contributed by atoms with Crippen LogP contribution in [0.1, 0.15) is 22.6 Å². The lowest BCUT2D eigenvalue weighted by Crippen LogP contribution is -2.14. The van der Waals surface area contributed by atoms with E-state index in [2.05, 4.69) is 4.98 Å². The molecular formula is C15H14ClNO2. The van der Waals surface area contributed by atoms with Crippen LogP contribution >= 0.6 is 11.6 Å². The fourth-order valence-corrected chi connectivity index (χ4v) is 2.24. The second kappa shape index (κ2) is 5.85. The molecule has 2 rings (SSSR count). The molecule has 1 aromatic carbocycles. The Hall–Kier alpha value is -1.87. The van der Waals surface area contributed by atoms with Gasteiger partial charge >= 0.3 is 5.97 Å². The summed E-state index contributed by atoms with van der Waals surface area (Å²) in [6.45, 7) is 1.95. The highest BCUT2D eigenvalue weighted by atomic mass is 35.5. The minimum Gasteiger partial charge on any atom is -0.481 e. The highest BCUT2D eigenvalue weighted by molar-refractivity contribution is 6.29. The summed E-state index contributed by atoms with van der Waals surface area (Å²) in [5, 5.41) is 9.78. The molecule has 0 radical (unpaired) electrons. The molecule has 0 aliphatic rings. The molecule has 1 aromatic heterocycles. The summed E-state index contributed by atoms with van der Waals surface area (Å²) < 4.78 is 0. The smallest absolute Gasteiger partial charge is 0.311 e. The second-order valence-electron chi connectivity index (χ2n) is 4.50. The molecule has 1 atom stereocenters. The van der Waals surface area contributed by atoms with Crippen molar-refractivity contribution in [3.8, 4) is 0 Å². The summed E-state index contributed by atoms with van der Waals surface area (Å²) in [5.74, 6) is -1.41. The van der Waals surface area contributed by atoms with Crippen molar-refractivity contribution in [1.29, 1.82) is 0 Å². The number of rotatable bonds is 4. The van der Waals surface area contributed by atoms with Crippen LogP contribution < -0.4 is 0 Å². The topological polar surface area (TPSA) is 50.2 Å². The standard InChI is InChI=1S/C15H14ClNO2/c1-10-3-2-4-12(7-10)13(15(18)19)8-11-5-6-17-14(16)9-11/h2-7,9,13H,8H2,1H3,(H,18,19). The zero-order chi connectivity index (χ0) is 13.8. The van der Waals surface area contributed by atoms with Crippen LogP contribution in [-0.2, 0) is 11.2 Å². The number of carboxylic acid groups (broad SMARTS) is 1. The third kappa shape index (κ3) is 3.55. The maximum atomic E-state index is 11.5. The van der Waals surface area contributed by atoms with E-state index in [9.17, 15) is 9.90 Å². The number of aromatic nitrogens is 1. The summed E-state index contributed by atoms with van der Waals surface area (Å²) in [6, 6.07) is 11.1. The van der Waals surface area contributed by atoms with Gasteiger partial charge in [0.2, 0.25) is 0 Å². The van der Waals surface area contributed by atoms with E-state index in [1.807, 2.05) is 31.2 Å². The Morgan fingerprint density at radius 1 is 1.37 bits per heavy atom. The lowest BCUT2D eigenvalue weighted by atomic mass is 9.91. The third-order valence-corrected chi connectivity index (χ3v) is 3.18. The van der Waals surface area contributed by atoms with Crippen LogP contribution in [0.2, 0.25) is 5.15 Å². The molecule has 3 nitrogen and oxygen atoms in total. The summed E-state index contributed by atoms with van der Waals surface area (Å²) >= 11 is 5.82. The van der Waals surface area contributed by atoms with Gasteiger partial charge in [-0.25, -0.2) is 4.98 Å². The number of aryl methyl sites for hydroxylation is 1. The molecule has 1 N–H and O–H groups in total. The van der Waals surface area contributed by atoms with Crippen LogP contribution in [-0.4, -0.2) is 16.1 Å². The molecule has 0 saturated carbocycles. The Morgan fingerprint density at radius 2 is 2.16 bits per heavy atom. The molecule has 0 bridgehead atoms. The molecule has 4 heteroatoms. The molecule has 0 spiro atoms. The van der Waals surface area contributed by atoms with Gasteiger partial charge in [0.25, 0.3) is 0 Å². The van der Waals surface area contributed by atoms with Crippen molar-refractivity contribution in [1.82, 2.24) is 4.98 Å². The third-order valence-electron chi connectivity index (χ3n) is 2.97.